The van der Waals surface area contributed by atoms with Crippen LogP contribution >= 0.6 is 27.3 Å². The molecule has 0 saturated heterocycles. The molecule has 0 fully saturated rings. The van der Waals surface area contributed by atoms with Crippen LogP contribution in [0.5, 0.6) is 0 Å². The monoisotopic (exact) mass is 421 g/mol. The van der Waals surface area contributed by atoms with Gasteiger partial charge >= 0.3 is 5.97 Å². The lowest BCUT2D eigenvalue weighted by Gasteiger charge is -2.11. The number of hydrazone groups is 1. The van der Waals surface area contributed by atoms with Gasteiger partial charge < -0.3 is 4.74 Å². The fraction of sp³-hybridized carbons (Fsp3) is 0.294. The van der Waals surface area contributed by atoms with Gasteiger partial charge in [-0.25, -0.2) is 4.98 Å². The van der Waals surface area contributed by atoms with Crippen LogP contribution in [0.25, 0.3) is 11.3 Å². The van der Waals surface area contributed by atoms with E-state index in [1.165, 1.54) is 16.3 Å². The highest BCUT2D eigenvalue weighted by Gasteiger charge is 2.37. The van der Waals surface area contributed by atoms with E-state index < -0.39 is 11.9 Å². The highest BCUT2D eigenvalue weighted by Crippen LogP contribution is 2.32. The van der Waals surface area contributed by atoms with Crippen LogP contribution in [0.3, 0.4) is 0 Å². The molecule has 2 heterocycles. The standard InChI is InChI=1S/C17H16BrN3O3S/c1-3-24-15(22)8-13-10(2)20-21(16(13)23)17-19-14(9-25-17)11-4-6-12(18)7-5-11/h4-7,9,13H,3,8H2,1-2H3/t13-/m0/s1. The zero-order valence-corrected chi connectivity index (χ0v) is 16.1. The maximum absolute atomic E-state index is 12.6. The van der Waals surface area contributed by atoms with Gasteiger partial charge in [0.05, 0.1) is 24.6 Å². The molecule has 25 heavy (non-hydrogen) atoms. The fourth-order valence-corrected chi connectivity index (χ4v) is 3.53. The Morgan fingerprint density at radius 2 is 2.08 bits per heavy atom. The number of hydrogen-bond donors (Lipinski definition) is 0. The van der Waals surface area contributed by atoms with Crippen molar-refractivity contribution in [3.05, 3.63) is 34.1 Å². The van der Waals surface area contributed by atoms with E-state index in [9.17, 15) is 9.59 Å². The van der Waals surface area contributed by atoms with Crippen molar-refractivity contribution in [3.63, 3.8) is 0 Å². The Labute approximate surface area is 157 Å². The average Bonchev–Trinajstić information content (AvgIpc) is 3.16. The molecular weight excluding hydrogens is 406 g/mol. The van der Waals surface area contributed by atoms with E-state index in [1.807, 2.05) is 29.6 Å². The summed E-state index contributed by atoms with van der Waals surface area (Å²) < 4.78 is 5.92. The van der Waals surface area contributed by atoms with Gasteiger partial charge in [-0.15, -0.1) is 11.3 Å². The number of ether oxygens (including phenoxy) is 1. The van der Waals surface area contributed by atoms with Crippen LogP contribution in [-0.2, 0) is 14.3 Å². The normalized spacial score (nSPS) is 16.9. The van der Waals surface area contributed by atoms with E-state index in [0.717, 1.165) is 15.7 Å². The van der Waals surface area contributed by atoms with Crippen molar-refractivity contribution in [2.75, 3.05) is 11.6 Å². The van der Waals surface area contributed by atoms with Crippen LogP contribution in [-0.4, -0.2) is 29.2 Å². The number of anilines is 1. The molecule has 1 aromatic carbocycles. The van der Waals surface area contributed by atoms with Gasteiger partial charge in [0.1, 0.15) is 0 Å². The first-order valence-electron chi connectivity index (χ1n) is 7.75. The van der Waals surface area contributed by atoms with Gasteiger partial charge in [0, 0.05) is 21.1 Å². The van der Waals surface area contributed by atoms with E-state index in [4.69, 9.17) is 4.74 Å². The molecule has 0 saturated carbocycles. The fourth-order valence-electron chi connectivity index (χ4n) is 2.48. The van der Waals surface area contributed by atoms with Crippen LogP contribution in [0.15, 0.2) is 39.2 Å². The van der Waals surface area contributed by atoms with Gasteiger partial charge in [0.15, 0.2) is 0 Å². The van der Waals surface area contributed by atoms with Crippen LogP contribution in [0.4, 0.5) is 5.13 Å². The highest BCUT2D eigenvalue weighted by molar-refractivity contribution is 9.10. The van der Waals surface area contributed by atoms with Gasteiger partial charge in [0.2, 0.25) is 5.13 Å². The Morgan fingerprint density at radius 3 is 2.76 bits per heavy atom. The van der Waals surface area contributed by atoms with Crippen molar-refractivity contribution in [2.24, 2.45) is 11.0 Å². The van der Waals surface area contributed by atoms with Crippen LogP contribution in [0, 0.1) is 5.92 Å². The lowest BCUT2D eigenvalue weighted by molar-refractivity contribution is -0.145. The Hall–Kier alpha value is -2.06. The van der Waals surface area contributed by atoms with E-state index in [1.54, 1.807) is 13.8 Å². The first-order chi connectivity index (χ1) is 12.0. The van der Waals surface area contributed by atoms with Crippen LogP contribution < -0.4 is 5.01 Å². The Balaban J connectivity index is 1.78. The van der Waals surface area contributed by atoms with Crippen LogP contribution in [0.1, 0.15) is 20.3 Å². The first kappa shape index (κ1) is 17.8. The number of rotatable bonds is 5. The summed E-state index contributed by atoms with van der Waals surface area (Å²) in [6.07, 6.45) is 0.00342. The summed E-state index contributed by atoms with van der Waals surface area (Å²) in [6.45, 7) is 3.77. The number of aromatic nitrogens is 1. The largest absolute Gasteiger partial charge is 0.466 e. The summed E-state index contributed by atoms with van der Waals surface area (Å²) in [4.78, 5) is 28.8. The van der Waals surface area contributed by atoms with Gasteiger partial charge in [-0.3, -0.25) is 9.59 Å². The predicted molar refractivity (Wildman–Crippen MR) is 101 cm³/mol. The van der Waals surface area contributed by atoms with E-state index >= 15 is 0 Å². The molecule has 0 aliphatic carbocycles. The molecule has 1 aromatic heterocycles. The Bertz CT molecular complexity index is 832. The number of amides is 1. The second-order valence-electron chi connectivity index (χ2n) is 5.48. The number of carbonyl (C=O) groups excluding carboxylic acids is 2. The molecule has 0 radical (unpaired) electrons. The van der Waals surface area contributed by atoms with E-state index in [2.05, 4.69) is 26.0 Å². The summed E-state index contributed by atoms with van der Waals surface area (Å²) in [5.74, 6) is -1.23. The number of halogens is 1. The van der Waals surface area contributed by atoms with Gasteiger partial charge in [-0.1, -0.05) is 28.1 Å². The molecular formula is C17H16BrN3O3S. The van der Waals surface area contributed by atoms with Crippen molar-refractivity contribution >= 4 is 50.0 Å². The molecule has 0 N–H and O–H groups in total. The summed E-state index contributed by atoms with van der Waals surface area (Å²) in [6, 6.07) is 7.78. The Morgan fingerprint density at radius 1 is 1.36 bits per heavy atom. The van der Waals surface area contributed by atoms with E-state index in [0.29, 0.717) is 17.5 Å². The SMILES string of the molecule is CCOC(=O)C[C@@H]1C(=O)N(c2nc(-c3ccc(Br)cc3)cs2)N=C1C. The molecule has 1 atom stereocenters. The summed E-state index contributed by atoms with van der Waals surface area (Å²) >= 11 is 4.74. The second-order valence-corrected chi connectivity index (χ2v) is 7.23. The molecule has 1 aliphatic heterocycles. The summed E-state index contributed by atoms with van der Waals surface area (Å²) in [5.41, 5.74) is 2.33. The zero-order valence-electron chi connectivity index (χ0n) is 13.7. The number of esters is 1. The number of nitrogens with zero attached hydrogens (tertiary/aromatic N) is 3. The molecule has 3 rings (SSSR count). The van der Waals surface area contributed by atoms with Crippen LogP contribution in [0.2, 0.25) is 0 Å². The molecule has 6 nitrogen and oxygen atoms in total. The molecule has 0 bridgehead atoms. The van der Waals surface area contributed by atoms with Crippen molar-refractivity contribution in [2.45, 2.75) is 20.3 Å². The molecule has 0 spiro atoms. The van der Waals surface area contributed by atoms with Gasteiger partial charge in [-0.05, 0) is 26.0 Å². The summed E-state index contributed by atoms with van der Waals surface area (Å²) in [5, 5.41) is 7.95. The number of thiazole rings is 1. The Kier molecular flexibility index (Phi) is 5.29. The third-order valence-electron chi connectivity index (χ3n) is 3.76. The third-order valence-corrected chi connectivity index (χ3v) is 5.10. The minimum atomic E-state index is -0.584. The lowest BCUT2D eigenvalue weighted by Crippen LogP contribution is -2.29. The smallest absolute Gasteiger partial charge is 0.306 e. The molecule has 130 valence electrons. The van der Waals surface area contributed by atoms with Crippen molar-refractivity contribution < 1.29 is 14.3 Å². The third kappa shape index (κ3) is 3.80. The molecule has 1 aliphatic rings. The molecule has 0 unspecified atom stereocenters. The lowest BCUT2D eigenvalue weighted by atomic mass is 10.0. The molecule has 1 amide bonds. The first-order valence-corrected chi connectivity index (χ1v) is 9.43. The highest BCUT2D eigenvalue weighted by atomic mass is 79.9. The summed E-state index contributed by atoms with van der Waals surface area (Å²) in [7, 11) is 0. The maximum atomic E-state index is 12.6. The zero-order chi connectivity index (χ0) is 18.0. The number of carbonyl (C=O) groups is 2. The minimum absolute atomic E-state index is 0.00342. The average molecular weight is 422 g/mol. The van der Waals surface area contributed by atoms with Crippen molar-refractivity contribution in [1.82, 2.24) is 4.98 Å². The van der Waals surface area contributed by atoms with Gasteiger partial charge in [-0.2, -0.15) is 10.1 Å². The van der Waals surface area contributed by atoms with Gasteiger partial charge in [0.25, 0.3) is 5.91 Å². The molecule has 2 aromatic rings. The van der Waals surface area contributed by atoms with E-state index in [-0.39, 0.29) is 12.3 Å². The topological polar surface area (TPSA) is 71.9 Å². The predicted octanol–water partition coefficient (Wildman–Crippen LogP) is 3.86. The number of hydrogen-bond acceptors (Lipinski definition) is 6. The maximum Gasteiger partial charge on any atom is 0.306 e. The van der Waals surface area contributed by atoms with Crippen molar-refractivity contribution in [3.8, 4) is 11.3 Å². The quantitative estimate of drug-likeness (QED) is 0.686. The molecule has 8 heteroatoms. The van der Waals surface area contributed by atoms with Crippen molar-refractivity contribution in [1.29, 1.82) is 0 Å². The second kappa shape index (κ2) is 7.45. The minimum Gasteiger partial charge on any atom is -0.466 e. The number of benzene rings is 1.